The van der Waals surface area contributed by atoms with E-state index in [1.54, 1.807) is 6.92 Å². The molecule has 118 valence electrons. The average molecular weight is 296 g/mol. The average Bonchev–Trinajstić information content (AvgIpc) is 2.45. The number of aryl methyl sites for hydroxylation is 1. The van der Waals surface area contributed by atoms with Gasteiger partial charge in [0.15, 0.2) is 0 Å². The van der Waals surface area contributed by atoms with Crippen LogP contribution in [0.2, 0.25) is 0 Å². The lowest BCUT2D eigenvalue weighted by molar-refractivity contribution is 0.191. The lowest BCUT2D eigenvalue weighted by Crippen LogP contribution is -2.38. The number of piperidine rings is 1. The van der Waals surface area contributed by atoms with Crippen molar-refractivity contribution in [2.24, 2.45) is 5.92 Å². The third kappa shape index (κ3) is 4.48. The van der Waals surface area contributed by atoms with Gasteiger partial charge in [0.05, 0.1) is 0 Å². The van der Waals surface area contributed by atoms with Crippen LogP contribution in [0.1, 0.15) is 43.9 Å². The molecular formula is C17H26F2N2. The van der Waals surface area contributed by atoms with Gasteiger partial charge in [0.25, 0.3) is 0 Å². The Labute approximate surface area is 126 Å². The zero-order chi connectivity index (χ0) is 15.4. The molecule has 1 aliphatic rings. The molecule has 1 aliphatic heterocycles. The highest BCUT2D eigenvalue weighted by Crippen LogP contribution is 2.20. The lowest BCUT2D eigenvalue weighted by atomic mass is 9.99. The number of hydrogen-bond acceptors (Lipinski definition) is 2. The van der Waals surface area contributed by atoms with Crippen molar-refractivity contribution in [1.29, 1.82) is 0 Å². The van der Waals surface area contributed by atoms with Gasteiger partial charge in [-0.05, 0) is 63.4 Å². The maximum atomic E-state index is 13.9. The van der Waals surface area contributed by atoms with Crippen LogP contribution in [0.3, 0.4) is 0 Å². The van der Waals surface area contributed by atoms with Crippen molar-refractivity contribution in [3.63, 3.8) is 0 Å². The molecule has 1 aromatic rings. The highest BCUT2D eigenvalue weighted by molar-refractivity contribution is 5.27. The Hall–Kier alpha value is -1.00. The number of hydrogen-bond donors (Lipinski definition) is 1. The van der Waals surface area contributed by atoms with Gasteiger partial charge in [0, 0.05) is 24.7 Å². The number of likely N-dealkylation sites (tertiary alicyclic amines) is 1. The molecule has 1 N–H and O–H groups in total. The summed E-state index contributed by atoms with van der Waals surface area (Å²) in [6.07, 6.45) is 2.51. The van der Waals surface area contributed by atoms with E-state index in [4.69, 9.17) is 0 Å². The Kier molecular flexibility index (Phi) is 5.71. The molecule has 1 fully saturated rings. The van der Waals surface area contributed by atoms with Crippen LogP contribution in [0.5, 0.6) is 0 Å². The molecule has 1 heterocycles. The van der Waals surface area contributed by atoms with E-state index in [-0.39, 0.29) is 17.7 Å². The summed E-state index contributed by atoms with van der Waals surface area (Å²) in [6, 6.07) is 2.41. The van der Waals surface area contributed by atoms with Crippen LogP contribution in [-0.4, -0.2) is 31.1 Å². The molecule has 4 heteroatoms. The first-order chi connectivity index (χ1) is 9.97. The SMILES string of the molecule is Cc1cc(F)c(C(C)NCCN2CCC(C)CC2)cc1F. The second-order valence-corrected chi connectivity index (χ2v) is 6.32. The van der Waals surface area contributed by atoms with Gasteiger partial charge >= 0.3 is 0 Å². The quantitative estimate of drug-likeness (QED) is 0.892. The molecule has 21 heavy (non-hydrogen) atoms. The van der Waals surface area contributed by atoms with Gasteiger partial charge in [0.1, 0.15) is 11.6 Å². The third-order valence-electron chi connectivity index (χ3n) is 4.50. The minimum absolute atomic E-state index is 0.177. The van der Waals surface area contributed by atoms with Gasteiger partial charge in [-0.25, -0.2) is 8.78 Å². The Bertz CT molecular complexity index is 468. The van der Waals surface area contributed by atoms with Crippen LogP contribution in [0, 0.1) is 24.5 Å². The predicted octanol–water partition coefficient (Wildman–Crippen LogP) is 3.66. The zero-order valence-corrected chi connectivity index (χ0v) is 13.3. The summed E-state index contributed by atoms with van der Waals surface area (Å²) >= 11 is 0. The first-order valence-electron chi connectivity index (χ1n) is 7.88. The summed E-state index contributed by atoms with van der Waals surface area (Å²) < 4.78 is 27.5. The molecule has 2 rings (SSSR count). The maximum absolute atomic E-state index is 13.9. The number of nitrogens with zero attached hydrogens (tertiary/aromatic N) is 1. The van der Waals surface area contributed by atoms with Crippen LogP contribution < -0.4 is 5.32 Å². The molecule has 0 aromatic heterocycles. The number of halogens is 2. The van der Waals surface area contributed by atoms with E-state index in [9.17, 15) is 8.78 Å². The van der Waals surface area contributed by atoms with Crippen LogP contribution in [0.25, 0.3) is 0 Å². The third-order valence-corrected chi connectivity index (χ3v) is 4.50. The smallest absolute Gasteiger partial charge is 0.128 e. The minimum Gasteiger partial charge on any atom is -0.309 e. The van der Waals surface area contributed by atoms with Gasteiger partial charge in [-0.15, -0.1) is 0 Å². The Morgan fingerprint density at radius 1 is 1.24 bits per heavy atom. The normalized spacial score (nSPS) is 18.9. The van der Waals surface area contributed by atoms with E-state index < -0.39 is 0 Å². The van der Waals surface area contributed by atoms with Crippen molar-refractivity contribution in [1.82, 2.24) is 10.2 Å². The van der Waals surface area contributed by atoms with Gasteiger partial charge in [-0.1, -0.05) is 6.92 Å². The fourth-order valence-electron chi connectivity index (χ4n) is 2.83. The molecule has 0 aliphatic carbocycles. The van der Waals surface area contributed by atoms with E-state index in [2.05, 4.69) is 17.1 Å². The van der Waals surface area contributed by atoms with Crippen LogP contribution in [0.4, 0.5) is 8.78 Å². The second kappa shape index (κ2) is 7.32. The molecule has 1 unspecified atom stereocenters. The molecule has 0 amide bonds. The molecule has 1 atom stereocenters. The van der Waals surface area contributed by atoms with E-state index in [0.29, 0.717) is 11.1 Å². The summed E-state index contributed by atoms with van der Waals surface area (Å²) in [7, 11) is 0. The first-order valence-corrected chi connectivity index (χ1v) is 7.88. The van der Waals surface area contributed by atoms with Crippen LogP contribution in [-0.2, 0) is 0 Å². The molecule has 2 nitrogen and oxygen atoms in total. The minimum atomic E-state index is -0.343. The van der Waals surface area contributed by atoms with Gasteiger partial charge in [-0.2, -0.15) is 0 Å². The summed E-state index contributed by atoms with van der Waals surface area (Å²) in [5.41, 5.74) is 0.760. The number of nitrogens with one attached hydrogen (secondary N) is 1. The largest absolute Gasteiger partial charge is 0.309 e. The first kappa shape index (κ1) is 16.4. The molecule has 0 radical (unpaired) electrons. The van der Waals surface area contributed by atoms with Crippen LogP contribution in [0.15, 0.2) is 12.1 Å². The van der Waals surface area contributed by atoms with Crippen molar-refractivity contribution >= 4 is 0 Å². The molecule has 0 spiro atoms. The monoisotopic (exact) mass is 296 g/mol. The number of rotatable bonds is 5. The summed E-state index contributed by atoms with van der Waals surface area (Å²) in [5, 5.41) is 3.30. The topological polar surface area (TPSA) is 15.3 Å². The standard InChI is InChI=1S/C17H26F2N2/c1-12-4-7-21(8-5-12)9-6-20-14(3)15-11-16(18)13(2)10-17(15)19/h10-12,14,20H,4-9H2,1-3H3. The van der Waals surface area contributed by atoms with Crippen molar-refractivity contribution in [2.45, 2.75) is 39.7 Å². The summed E-state index contributed by atoms with van der Waals surface area (Å²) in [5.74, 6) is 0.156. The molecule has 1 aromatic carbocycles. The van der Waals surface area contributed by atoms with Crippen molar-refractivity contribution in [3.05, 3.63) is 34.9 Å². The van der Waals surface area contributed by atoms with Crippen molar-refractivity contribution in [3.8, 4) is 0 Å². The van der Waals surface area contributed by atoms with E-state index in [1.165, 1.54) is 25.0 Å². The molecular weight excluding hydrogens is 270 g/mol. The Balaban J connectivity index is 1.82. The highest BCUT2D eigenvalue weighted by Gasteiger charge is 2.16. The summed E-state index contributed by atoms with van der Waals surface area (Å²) in [4.78, 5) is 2.44. The van der Waals surface area contributed by atoms with Gasteiger partial charge in [0.2, 0.25) is 0 Å². The Morgan fingerprint density at radius 2 is 1.90 bits per heavy atom. The fraction of sp³-hybridized carbons (Fsp3) is 0.647. The van der Waals surface area contributed by atoms with E-state index in [1.807, 2.05) is 6.92 Å². The molecule has 0 bridgehead atoms. The van der Waals surface area contributed by atoms with Gasteiger partial charge < -0.3 is 10.2 Å². The lowest BCUT2D eigenvalue weighted by Gasteiger charge is -2.30. The number of benzene rings is 1. The van der Waals surface area contributed by atoms with Crippen molar-refractivity contribution in [2.75, 3.05) is 26.2 Å². The van der Waals surface area contributed by atoms with Crippen LogP contribution >= 0.6 is 0 Å². The predicted molar refractivity (Wildman–Crippen MR) is 82.4 cm³/mol. The van der Waals surface area contributed by atoms with E-state index in [0.717, 1.165) is 32.1 Å². The maximum Gasteiger partial charge on any atom is 0.128 e. The fourth-order valence-corrected chi connectivity index (χ4v) is 2.83. The second-order valence-electron chi connectivity index (χ2n) is 6.32. The van der Waals surface area contributed by atoms with Gasteiger partial charge in [-0.3, -0.25) is 0 Å². The zero-order valence-electron chi connectivity index (χ0n) is 13.3. The highest BCUT2D eigenvalue weighted by atomic mass is 19.1. The molecule has 1 saturated heterocycles. The Morgan fingerprint density at radius 3 is 2.57 bits per heavy atom. The van der Waals surface area contributed by atoms with E-state index >= 15 is 0 Å². The summed E-state index contributed by atoms with van der Waals surface area (Å²) in [6.45, 7) is 9.81. The molecule has 0 saturated carbocycles. The van der Waals surface area contributed by atoms with Crippen molar-refractivity contribution < 1.29 is 8.78 Å².